The molecule has 2 N–H and O–H groups in total. The molecular formula is C10H12F4N2O. The number of alkyl halides is 4. The SMILES string of the molecule is NCc1ccc(OCCC(F)(F)C(F)F)nc1. The van der Waals surface area contributed by atoms with Crippen LogP contribution in [0.5, 0.6) is 5.88 Å². The topological polar surface area (TPSA) is 48.1 Å². The van der Waals surface area contributed by atoms with Gasteiger partial charge in [-0.2, -0.15) is 0 Å². The van der Waals surface area contributed by atoms with Crippen molar-refractivity contribution in [3.05, 3.63) is 23.9 Å². The molecule has 1 aromatic heterocycles. The number of pyridine rings is 1. The molecule has 0 saturated heterocycles. The lowest BCUT2D eigenvalue weighted by Gasteiger charge is -2.14. The first-order chi connectivity index (χ1) is 7.95. The molecule has 96 valence electrons. The van der Waals surface area contributed by atoms with E-state index in [-0.39, 0.29) is 5.88 Å². The highest BCUT2D eigenvalue weighted by Gasteiger charge is 2.40. The smallest absolute Gasteiger partial charge is 0.310 e. The maximum Gasteiger partial charge on any atom is 0.310 e. The maximum absolute atomic E-state index is 12.5. The van der Waals surface area contributed by atoms with E-state index in [1.807, 2.05) is 0 Å². The molecule has 0 radical (unpaired) electrons. The largest absolute Gasteiger partial charge is 0.477 e. The Morgan fingerprint density at radius 3 is 2.53 bits per heavy atom. The summed E-state index contributed by atoms with van der Waals surface area (Å²) in [4.78, 5) is 3.78. The van der Waals surface area contributed by atoms with Gasteiger partial charge in [-0.05, 0) is 5.56 Å². The first-order valence-corrected chi connectivity index (χ1v) is 4.89. The van der Waals surface area contributed by atoms with Crippen LogP contribution in [0.1, 0.15) is 12.0 Å². The molecule has 0 fully saturated rings. The van der Waals surface area contributed by atoms with Crippen LogP contribution in [-0.4, -0.2) is 23.9 Å². The summed E-state index contributed by atoms with van der Waals surface area (Å²) in [5.41, 5.74) is 6.09. The van der Waals surface area contributed by atoms with E-state index in [9.17, 15) is 17.6 Å². The fraction of sp³-hybridized carbons (Fsp3) is 0.500. The number of rotatable bonds is 6. The predicted molar refractivity (Wildman–Crippen MR) is 53.2 cm³/mol. The van der Waals surface area contributed by atoms with E-state index >= 15 is 0 Å². The molecule has 7 heteroatoms. The van der Waals surface area contributed by atoms with Crippen LogP contribution in [0.3, 0.4) is 0 Å². The molecule has 0 amide bonds. The van der Waals surface area contributed by atoms with Crippen molar-refractivity contribution in [1.29, 1.82) is 0 Å². The van der Waals surface area contributed by atoms with E-state index < -0.39 is 25.4 Å². The number of nitrogens with two attached hydrogens (primary N) is 1. The highest BCUT2D eigenvalue weighted by atomic mass is 19.3. The fourth-order valence-corrected chi connectivity index (χ4v) is 1.02. The quantitative estimate of drug-likeness (QED) is 0.789. The molecule has 0 aliphatic carbocycles. The number of ether oxygens (including phenoxy) is 1. The lowest BCUT2D eigenvalue weighted by atomic mass is 10.2. The van der Waals surface area contributed by atoms with Gasteiger partial charge in [0.05, 0.1) is 13.0 Å². The third kappa shape index (κ3) is 4.18. The van der Waals surface area contributed by atoms with Crippen LogP contribution in [0.4, 0.5) is 17.6 Å². The van der Waals surface area contributed by atoms with E-state index in [2.05, 4.69) is 4.98 Å². The number of hydrogen-bond donors (Lipinski definition) is 1. The van der Waals surface area contributed by atoms with Gasteiger partial charge >= 0.3 is 12.3 Å². The Morgan fingerprint density at radius 2 is 2.06 bits per heavy atom. The van der Waals surface area contributed by atoms with E-state index in [1.165, 1.54) is 12.3 Å². The Hall–Kier alpha value is -1.37. The number of halogens is 4. The monoisotopic (exact) mass is 252 g/mol. The fourth-order valence-electron chi connectivity index (χ4n) is 1.02. The van der Waals surface area contributed by atoms with Crippen molar-refractivity contribution < 1.29 is 22.3 Å². The molecule has 0 aliphatic heterocycles. The van der Waals surface area contributed by atoms with Gasteiger partial charge in [0.2, 0.25) is 5.88 Å². The molecule has 1 aromatic rings. The van der Waals surface area contributed by atoms with Gasteiger partial charge in [-0.25, -0.2) is 22.5 Å². The Labute approximate surface area is 95.6 Å². The molecule has 0 unspecified atom stereocenters. The summed E-state index contributed by atoms with van der Waals surface area (Å²) in [6.07, 6.45) is -3.30. The molecule has 0 atom stereocenters. The number of nitrogens with zero attached hydrogens (tertiary/aromatic N) is 1. The third-order valence-corrected chi connectivity index (χ3v) is 2.04. The van der Waals surface area contributed by atoms with E-state index in [0.29, 0.717) is 6.54 Å². The minimum absolute atomic E-state index is 0.104. The molecule has 0 aliphatic rings. The van der Waals surface area contributed by atoms with Crippen molar-refractivity contribution in [3.8, 4) is 5.88 Å². The first-order valence-electron chi connectivity index (χ1n) is 4.89. The van der Waals surface area contributed by atoms with Crippen molar-refractivity contribution in [2.75, 3.05) is 6.61 Å². The van der Waals surface area contributed by atoms with Gasteiger partial charge in [0.25, 0.3) is 0 Å². The van der Waals surface area contributed by atoms with Gasteiger partial charge in [0.1, 0.15) is 0 Å². The third-order valence-electron chi connectivity index (χ3n) is 2.04. The van der Waals surface area contributed by atoms with Crippen molar-refractivity contribution in [1.82, 2.24) is 4.98 Å². The lowest BCUT2D eigenvalue weighted by Crippen LogP contribution is -2.28. The lowest BCUT2D eigenvalue weighted by molar-refractivity contribution is -0.137. The highest BCUT2D eigenvalue weighted by molar-refractivity contribution is 5.17. The van der Waals surface area contributed by atoms with Crippen LogP contribution >= 0.6 is 0 Å². The Balaban J connectivity index is 2.40. The zero-order chi connectivity index (χ0) is 12.9. The second-order valence-electron chi connectivity index (χ2n) is 3.37. The normalized spacial score (nSPS) is 11.9. The van der Waals surface area contributed by atoms with E-state index in [4.69, 9.17) is 10.5 Å². The summed E-state index contributed by atoms with van der Waals surface area (Å²) < 4.78 is 53.4. The predicted octanol–water partition coefficient (Wildman–Crippen LogP) is 2.21. The van der Waals surface area contributed by atoms with Crippen LogP contribution < -0.4 is 10.5 Å². The highest BCUT2D eigenvalue weighted by Crippen LogP contribution is 2.26. The van der Waals surface area contributed by atoms with Gasteiger partial charge in [-0.3, -0.25) is 0 Å². The summed E-state index contributed by atoms with van der Waals surface area (Å²) in [6, 6.07) is 3.07. The maximum atomic E-state index is 12.5. The number of hydrogen-bond acceptors (Lipinski definition) is 3. The standard InChI is InChI=1S/C10H12F4N2O/c11-9(12)10(13,14)3-4-17-8-2-1-7(5-15)6-16-8/h1-2,6,9H,3-5,15H2. The Morgan fingerprint density at radius 1 is 1.35 bits per heavy atom. The summed E-state index contributed by atoms with van der Waals surface area (Å²) in [5.74, 6) is -3.93. The summed E-state index contributed by atoms with van der Waals surface area (Å²) in [6.45, 7) is -0.219. The molecule has 3 nitrogen and oxygen atoms in total. The van der Waals surface area contributed by atoms with Crippen molar-refractivity contribution >= 4 is 0 Å². The minimum Gasteiger partial charge on any atom is -0.477 e. The van der Waals surface area contributed by atoms with Crippen LogP contribution in [0.25, 0.3) is 0 Å². The van der Waals surface area contributed by atoms with E-state index in [1.54, 1.807) is 6.07 Å². The number of aromatic nitrogens is 1. The Kier molecular flexibility index (Phi) is 4.68. The average molecular weight is 252 g/mol. The second-order valence-corrected chi connectivity index (χ2v) is 3.37. The van der Waals surface area contributed by atoms with Crippen LogP contribution in [0.2, 0.25) is 0 Å². The van der Waals surface area contributed by atoms with Gasteiger partial charge < -0.3 is 10.5 Å². The summed E-state index contributed by atoms with van der Waals surface area (Å²) in [5, 5.41) is 0. The molecular weight excluding hydrogens is 240 g/mol. The van der Waals surface area contributed by atoms with Crippen molar-refractivity contribution in [2.45, 2.75) is 25.3 Å². The summed E-state index contributed by atoms with van der Waals surface area (Å²) >= 11 is 0. The van der Waals surface area contributed by atoms with Crippen LogP contribution in [-0.2, 0) is 6.54 Å². The zero-order valence-electron chi connectivity index (χ0n) is 8.88. The minimum atomic E-state index is -4.03. The van der Waals surface area contributed by atoms with Gasteiger partial charge in [-0.1, -0.05) is 6.07 Å². The van der Waals surface area contributed by atoms with E-state index in [0.717, 1.165) is 5.56 Å². The first kappa shape index (κ1) is 13.7. The van der Waals surface area contributed by atoms with Crippen LogP contribution in [0, 0.1) is 0 Å². The summed E-state index contributed by atoms with van der Waals surface area (Å²) in [7, 11) is 0. The molecule has 0 spiro atoms. The van der Waals surface area contributed by atoms with Gasteiger partial charge in [-0.15, -0.1) is 0 Å². The molecule has 1 rings (SSSR count). The van der Waals surface area contributed by atoms with Gasteiger partial charge in [0, 0.05) is 18.8 Å². The zero-order valence-corrected chi connectivity index (χ0v) is 8.88. The van der Waals surface area contributed by atoms with Crippen molar-refractivity contribution in [3.63, 3.8) is 0 Å². The Bertz CT molecular complexity index is 343. The average Bonchev–Trinajstić information content (AvgIpc) is 2.29. The molecule has 1 heterocycles. The second kappa shape index (κ2) is 5.81. The molecule has 0 saturated carbocycles. The van der Waals surface area contributed by atoms with Gasteiger partial charge in [0.15, 0.2) is 0 Å². The van der Waals surface area contributed by atoms with Crippen molar-refractivity contribution in [2.24, 2.45) is 5.73 Å². The molecule has 0 bridgehead atoms. The molecule has 17 heavy (non-hydrogen) atoms. The van der Waals surface area contributed by atoms with Crippen LogP contribution in [0.15, 0.2) is 18.3 Å². The molecule has 0 aromatic carbocycles.